The average molecular weight is 238 g/mol. The molecule has 0 unspecified atom stereocenters. The van der Waals surface area contributed by atoms with Gasteiger partial charge in [-0.3, -0.25) is 4.79 Å². The second-order valence-corrected chi connectivity index (χ2v) is 4.40. The van der Waals surface area contributed by atoms with E-state index in [0.29, 0.717) is 12.1 Å². The van der Waals surface area contributed by atoms with E-state index < -0.39 is 0 Å². The number of aromatic nitrogens is 1. The minimum atomic E-state index is 0.488. The zero-order valence-electron chi connectivity index (χ0n) is 7.81. The molecule has 0 amide bonds. The minimum Gasteiger partial charge on any atom is -0.296 e. The van der Waals surface area contributed by atoms with Crippen LogP contribution in [0.5, 0.6) is 0 Å². The van der Waals surface area contributed by atoms with Crippen LogP contribution in [0.2, 0.25) is 5.02 Å². The molecule has 0 spiro atoms. The van der Waals surface area contributed by atoms with Crippen molar-refractivity contribution in [3.05, 3.63) is 50.9 Å². The summed E-state index contributed by atoms with van der Waals surface area (Å²) in [6, 6.07) is 7.65. The number of carbonyl (C=O) groups excluding carboxylic acids is 1. The Morgan fingerprint density at radius 3 is 2.87 bits per heavy atom. The van der Waals surface area contributed by atoms with Gasteiger partial charge in [0, 0.05) is 16.8 Å². The SMILES string of the molecule is O=Cc1csc(Cc2ccccc2Cl)n1. The van der Waals surface area contributed by atoms with Crippen LogP contribution in [-0.2, 0) is 6.42 Å². The van der Waals surface area contributed by atoms with Crippen LogP contribution in [0.1, 0.15) is 21.1 Å². The molecule has 0 atom stereocenters. The van der Waals surface area contributed by atoms with Crippen LogP contribution >= 0.6 is 22.9 Å². The molecule has 0 bridgehead atoms. The molecule has 2 aromatic rings. The van der Waals surface area contributed by atoms with E-state index in [-0.39, 0.29) is 0 Å². The zero-order valence-corrected chi connectivity index (χ0v) is 9.39. The highest BCUT2D eigenvalue weighted by molar-refractivity contribution is 7.09. The van der Waals surface area contributed by atoms with E-state index in [9.17, 15) is 4.79 Å². The molecule has 0 aliphatic heterocycles. The van der Waals surface area contributed by atoms with Gasteiger partial charge in [-0.2, -0.15) is 0 Å². The lowest BCUT2D eigenvalue weighted by Gasteiger charge is -1.99. The maximum atomic E-state index is 10.5. The van der Waals surface area contributed by atoms with Gasteiger partial charge in [-0.05, 0) is 11.6 Å². The first-order valence-corrected chi connectivity index (χ1v) is 5.68. The predicted molar refractivity (Wildman–Crippen MR) is 61.8 cm³/mol. The molecular weight excluding hydrogens is 230 g/mol. The summed E-state index contributed by atoms with van der Waals surface area (Å²) in [5, 5.41) is 3.39. The Bertz CT molecular complexity index is 481. The molecule has 2 rings (SSSR count). The number of nitrogens with zero attached hydrogens (tertiary/aromatic N) is 1. The molecule has 1 aromatic heterocycles. The van der Waals surface area contributed by atoms with Crippen molar-refractivity contribution in [2.75, 3.05) is 0 Å². The fourth-order valence-electron chi connectivity index (χ4n) is 1.27. The molecule has 0 saturated carbocycles. The summed E-state index contributed by atoms with van der Waals surface area (Å²) in [6.45, 7) is 0. The smallest absolute Gasteiger partial charge is 0.169 e. The normalized spacial score (nSPS) is 10.2. The standard InChI is InChI=1S/C11H8ClNOS/c12-10-4-2-1-3-8(10)5-11-13-9(6-14)7-15-11/h1-4,6-7H,5H2. The minimum absolute atomic E-state index is 0.488. The van der Waals surface area contributed by atoms with Crippen LogP contribution in [0.3, 0.4) is 0 Å². The van der Waals surface area contributed by atoms with Gasteiger partial charge < -0.3 is 0 Å². The van der Waals surface area contributed by atoms with E-state index in [2.05, 4.69) is 4.98 Å². The summed E-state index contributed by atoms with van der Waals surface area (Å²) in [6.07, 6.45) is 1.44. The van der Waals surface area contributed by atoms with Gasteiger partial charge in [0.05, 0.1) is 5.01 Å². The van der Waals surface area contributed by atoms with Crippen molar-refractivity contribution in [3.63, 3.8) is 0 Å². The highest BCUT2D eigenvalue weighted by Gasteiger charge is 2.04. The molecule has 76 valence electrons. The molecule has 0 N–H and O–H groups in total. The molecule has 1 aromatic carbocycles. The van der Waals surface area contributed by atoms with Crippen molar-refractivity contribution in [1.82, 2.24) is 4.98 Å². The maximum Gasteiger partial charge on any atom is 0.169 e. The van der Waals surface area contributed by atoms with Gasteiger partial charge in [0.25, 0.3) is 0 Å². The van der Waals surface area contributed by atoms with Crippen LogP contribution in [0.4, 0.5) is 0 Å². The summed E-state index contributed by atoms with van der Waals surface area (Å²) in [5.74, 6) is 0. The number of halogens is 1. The third-order valence-corrected chi connectivity index (χ3v) is 3.23. The third kappa shape index (κ3) is 2.43. The van der Waals surface area contributed by atoms with Crippen LogP contribution < -0.4 is 0 Å². The molecule has 0 aliphatic carbocycles. The summed E-state index contributed by atoms with van der Waals surface area (Å²) in [5.41, 5.74) is 1.52. The summed E-state index contributed by atoms with van der Waals surface area (Å²) in [4.78, 5) is 14.6. The van der Waals surface area contributed by atoms with Gasteiger partial charge in [0.2, 0.25) is 0 Å². The van der Waals surface area contributed by atoms with E-state index in [1.165, 1.54) is 11.3 Å². The number of benzene rings is 1. The summed E-state index contributed by atoms with van der Waals surface area (Å²) in [7, 11) is 0. The van der Waals surface area contributed by atoms with E-state index >= 15 is 0 Å². The Balaban J connectivity index is 2.22. The Morgan fingerprint density at radius 2 is 2.20 bits per heavy atom. The average Bonchev–Trinajstić information content (AvgIpc) is 2.69. The molecule has 0 aliphatic rings. The Kier molecular flexibility index (Phi) is 3.14. The lowest BCUT2D eigenvalue weighted by molar-refractivity contribution is 0.111. The molecule has 2 nitrogen and oxygen atoms in total. The molecule has 1 heterocycles. The molecule has 15 heavy (non-hydrogen) atoms. The second-order valence-electron chi connectivity index (χ2n) is 3.05. The predicted octanol–water partition coefficient (Wildman–Crippen LogP) is 3.20. The fourth-order valence-corrected chi connectivity index (χ4v) is 2.23. The van der Waals surface area contributed by atoms with Crippen molar-refractivity contribution in [1.29, 1.82) is 0 Å². The molecular formula is C11H8ClNOS. The second kappa shape index (κ2) is 4.55. The van der Waals surface area contributed by atoms with Gasteiger partial charge in [0.15, 0.2) is 6.29 Å². The number of aldehydes is 1. The number of thiazole rings is 1. The summed E-state index contributed by atoms with van der Waals surface area (Å²) < 4.78 is 0. The van der Waals surface area contributed by atoms with Crippen molar-refractivity contribution in [2.45, 2.75) is 6.42 Å². The topological polar surface area (TPSA) is 30.0 Å². The first-order valence-electron chi connectivity index (χ1n) is 4.42. The molecule has 4 heteroatoms. The van der Waals surface area contributed by atoms with Gasteiger partial charge in [-0.1, -0.05) is 29.8 Å². The van der Waals surface area contributed by atoms with Crippen LogP contribution in [0.15, 0.2) is 29.6 Å². The number of carbonyl (C=O) groups is 1. The van der Waals surface area contributed by atoms with Gasteiger partial charge >= 0.3 is 0 Å². The Morgan fingerprint density at radius 1 is 1.40 bits per heavy atom. The molecule has 0 saturated heterocycles. The highest BCUT2D eigenvalue weighted by atomic mass is 35.5. The Labute approximate surface area is 96.5 Å². The maximum absolute atomic E-state index is 10.5. The Hall–Kier alpha value is -1.19. The number of hydrogen-bond acceptors (Lipinski definition) is 3. The van der Waals surface area contributed by atoms with E-state index in [1.54, 1.807) is 5.38 Å². The first-order chi connectivity index (χ1) is 7.29. The number of hydrogen-bond donors (Lipinski definition) is 0. The largest absolute Gasteiger partial charge is 0.296 e. The fraction of sp³-hybridized carbons (Fsp3) is 0.0909. The van der Waals surface area contributed by atoms with Gasteiger partial charge in [-0.25, -0.2) is 4.98 Å². The van der Waals surface area contributed by atoms with Crippen LogP contribution in [-0.4, -0.2) is 11.3 Å². The third-order valence-electron chi connectivity index (χ3n) is 1.99. The zero-order chi connectivity index (χ0) is 10.7. The van der Waals surface area contributed by atoms with E-state index in [1.807, 2.05) is 24.3 Å². The van der Waals surface area contributed by atoms with E-state index in [0.717, 1.165) is 21.9 Å². The van der Waals surface area contributed by atoms with Crippen LogP contribution in [0.25, 0.3) is 0 Å². The number of rotatable bonds is 3. The first kappa shape index (κ1) is 10.3. The molecule has 0 radical (unpaired) electrons. The quantitative estimate of drug-likeness (QED) is 0.768. The highest BCUT2D eigenvalue weighted by Crippen LogP contribution is 2.20. The van der Waals surface area contributed by atoms with Crippen molar-refractivity contribution in [3.8, 4) is 0 Å². The molecule has 0 fully saturated rings. The lowest BCUT2D eigenvalue weighted by atomic mass is 10.2. The summed E-state index contributed by atoms with van der Waals surface area (Å²) >= 11 is 7.50. The van der Waals surface area contributed by atoms with Crippen molar-refractivity contribution < 1.29 is 4.79 Å². The van der Waals surface area contributed by atoms with Gasteiger partial charge in [0.1, 0.15) is 5.69 Å². The van der Waals surface area contributed by atoms with Crippen molar-refractivity contribution in [2.24, 2.45) is 0 Å². The van der Waals surface area contributed by atoms with Crippen LogP contribution in [0, 0.1) is 0 Å². The monoisotopic (exact) mass is 237 g/mol. The van der Waals surface area contributed by atoms with E-state index in [4.69, 9.17) is 11.6 Å². The lowest BCUT2D eigenvalue weighted by Crippen LogP contribution is -1.89. The van der Waals surface area contributed by atoms with Gasteiger partial charge in [-0.15, -0.1) is 11.3 Å². The van der Waals surface area contributed by atoms with Crippen molar-refractivity contribution >= 4 is 29.2 Å².